The zero-order valence-electron chi connectivity index (χ0n) is 10.4. The molecule has 18 heavy (non-hydrogen) atoms. The molecule has 0 amide bonds. The van der Waals surface area contributed by atoms with Gasteiger partial charge < -0.3 is 4.74 Å². The lowest BCUT2D eigenvalue weighted by Gasteiger charge is -2.16. The Morgan fingerprint density at radius 1 is 1.33 bits per heavy atom. The average Bonchev–Trinajstić information content (AvgIpc) is 2.36. The van der Waals surface area contributed by atoms with Gasteiger partial charge in [-0.2, -0.15) is 22.7 Å². The molecular weight excluding hydrogens is 254 g/mol. The summed E-state index contributed by atoms with van der Waals surface area (Å²) in [5, 5.41) is 9.02. The summed E-state index contributed by atoms with van der Waals surface area (Å²) in [6.45, 7) is 0. The van der Waals surface area contributed by atoms with Gasteiger partial charge in [-0.25, -0.2) is 0 Å². The second-order valence-corrected chi connectivity index (χ2v) is 5.66. The van der Waals surface area contributed by atoms with E-state index < -0.39 is 16.3 Å². The Morgan fingerprint density at radius 3 is 2.28 bits per heavy atom. The van der Waals surface area contributed by atoms with Gasteiger partial charge in [-0.15, -0.1) is 0 Å². The molecule has 0 bridgehead atoms. The fraction of sp³-hybridized carbons (Fsp3) is 0.364. The van der Waals surface area contributed by atoms with Crippen LogP contribution < -0.4 is 9.46 Å². The standard InChI is InChI=1S/C11H15N3O3S/c1-14(2)18(15,16)13-11(8-12)9-4-6-10(17-3)7-5-9/h4-7,11,13H,1-3H3. The number of ether oxygens (including phenoxy) is 1. The van der Waals surface area contributed by atoms with E-state index in [1.54, 1.807) is 24.3 Å². The molecule has 1 unspecified atom stereocenters. The van der Waals surface area contributed by atoms with Crippen LogP contribution in [0.3, 0.4) is 0 Å². The molecule has 0 aliphatic carbocycles. The molecule has 0 saturated heterocycles. The molecule has 0 fully saturated rings. The van der Waals surface area contributed by atoms with Gasteiger partial charge in [0.25, 0.3) is 10.2 Å². The molecule has 0 heterocycles. The van der Waals surface area contributed by atoms with Gasteiger partial charge in [-0.3, -0.25) is 0 Å². The first-order chi connectivity index (χ1) is 8.40. The Morgan fingerprint density at radius 2 is 1.89 bits per heavy atom. The van der Waals surface area contributed by atoms with Crippen molar-refractivity contribution in [3.63, 3.8) is 0 Å². The lowest BCUT2D eigenvalue weighted by molar-refractivity contribution is 0.414. The highest BCUT2D eigenvalue weighted by molar-refractivity contribution is 7.87. The minimum atomic E-state index is -3.64. The Labute approximate surface area is 107 Å². The zero-order valence-corrected chi connectivity index (χ0v) is 11.2. The number of nitrogens with one attached hydrogen (secondary N) is 1. The van der Waals surface area contributed by atoms with E-state index in [4.69, 9.17) is 10.00 Å². The van der Waals surface area contributed by atoms with Gasteiger partial charge in [0.05, 0.1) is 13.2 Å². The summed E-state index contributed by atoms with van der Waals surface area (Å²) in [5.41, 5.74) is 0.559. The average molecular weight is 269 g/mol. The summed E-state index contributed by atoms with van der Waals surface area (Å²) in [5.74, 6) is 0.644. The Bertz CT molecular complexity index is 532. The van der Waals surface area contributed by atoms with E-state index >= 15 is 0 Å². The molecule has 98 valence electrons. The smallest absolute Gasteiger partial charge is 0.280 e. The number of nitriles is 1. The van der Waals surface area contributed by atoms with Crippen LogP contribution in [-0.4, -0.2) is 33.9 Å². The molecule has 0 aliphatic heterocycles. The van der Waals surface area contributed by atoms with E-state index in [0.29, 0.717) is 11.3 Å². The molecule has 0 saturated carbocycles. The molecular formula is C11H15N3O3S. The number of nitrogens with zero attached hydrogens (tertiary/aromatic N) is 2. The third-order valence-corrected chi connectivity index (χ3v) is 3.82. The third kappa shape index (κ3) is 3.43. The minimum Gasteiger partial charge on any atom is -0.497 e. The molecule has 1 atom stereocenters. The topological polar surface area (TPSA) is 82.4 Å². The number of benzene rings is 1. The SMILES string of the molecule is COc1ccc(C(C#N)NS(=O)(=O)N(C)C)cc1. The normalized spacial score (nSPS) is 13.1. The molecule has 0 spiro atoms. The van der Waals surface area contributed by atoms with Gasteiger partial charge in [0, 0.05) is 14.1 Å². The summed E-state index contributed by atoms with van der Waals surface area (Å²) in [6, 6.07) is 7.61. The maximum atomic E-state index is 11.6. The molecule has 7 heteroatoms. The van der Waals surface area contributed by atoms with E-state index in [1.807, 2.05) is 6.07 Å². The van der Waals surface area contributed by atoms with Gasteiger partial charge in [-0.1, -0.05) is 12.1 Å². The van der Waals surface area contributed by atoms with Crippen LogP contribution in [0.25, 0.3) is 0 Å². The fourth-order valence-corrected chi connectivity index (χ4v) is 1.92. The van der Waals surface area contributed by atoms with Gasteiger partial charge in [-0.05, 0) is 17.7 Å². The van der Waals surface area contributed by atoms with Crippen molar-refractivity contribution < 1.29 is 13.2 Å². The van der Waals surface area contributed by atoms with Crippen LogP contribution in [0.4, 0.5) is 0 Å². The Hall–Kier alpha value is -1.62. The van der Waals surface area contributed by atoms with Gasteiger partial charge >= 0.3 is 0 Å². The number of hydrogen-bond donors (Lipinski definition) is 1. The van der Waals surface area contributed by atoms with Crippen LogP contribution >= 0.6 is 0 Å². The first kappa shape index (κ1) is 14.4. The molecule has 6 nitrogen and oxygen atoms in total. The predicted molar refractivity (Wildman–Crippen MR) is 67.1 cm³/mol. The number of hydrogen-bond acceptors (Lipinski definition) is 4. The second-order valence-electron chi connectivity index (χ2n) is 3.74. The largest absolute Gasteiger partial charge is 0.497 e. The molecule has 1 aromatic carbocycles. The summed E-state index contributed by atoms with van der Waals surface area (Å²) in [6.07, 6.45) is 0. The zero-order chi connectivity index (χ0) is 13.8. The quantitative estimate of drug-likeness (QED) is 0.851. The van der Waals surface area contributed by atoms with Crippen molar-refractivity contribution in [2.75, 3.05) is 21.2 Å². The van der Waals surface area contributed by atoms with Crippen molar-refractivity contribution in [2.24, 2.45) is 0 Å². The van der Waals surface area contributed by atoms with Crippen molar-refractivity contribution in [2.45, 2.75) is 6.04 Å². The van der Waals surface area contributed by atoms with Gasteiger partial charge in [0.15, 0.2) is 0 Å². The summed E-state index contributed by atoms with van der Waals surface area (Å²) in [4.78, 5) is 0. The minimum absolute atomic E-state index is 0.559. The molecule has 1 N–H and O–H groups in total. The van der Waals surface area contributed by atoms with Crippen molar-refractivity contribution in [3.8, 4) is 11.8 Å². The highest BCUT2D eigenvalue weighted by atomic mass is 32.2. The van der Waals surface area contributed by atoms with Crippen LogP contribution in [0.5, 0.6) is 5.75 Å². The second kappa shape index (κ2) is 5.82. The Kier molecular flexibility index (Phi) is 4.67. The maximum absolute atomic E-state index is 11.6. The summed E-state index contributed by atoms with van der Waals surface area (Å²) in [7, 11) is 0.677. The fourth-order valence-electron chi connectivity index (χ4n) is 1.22. The number of methoxy groups -OCH3 is 1. The van der Waals surface area contributed by atoms with Crippen LogP contribution in [0.1, 0.15) is 11.6 Å². The first-order valence-electron chi connectivity index (χ1n) is 5.14. The van der Waals surface area contributed by atoms with Crippen LogP contribution in [0.15, 0.2) is 24.3 Å². The van der Waals surface area contributed by atoms with E-state index in [2.05, 4.69) is 4.72 Å². The van der Waals surface area contributed by atoms with Gasteiger partial charge in [0.1, 0.15) is 11.8 Å². The van der Waals surface area contributed by atoms with E-state index in [0.717, 1.165) is 4.31 Å². The van der Waals surface area contributed by atoms with E-state index in [-0.39, 0.29) is 0 Å². The molecule has 1 aromatic rings. The van der Waals surface area contributed by atoms with Crippen LogP contribution in [0, 0.1) is 11.3 Å². The lowest BCUT2D eigenvalue weighted by atomic mass is 10.1. The predicted octanol–water partition coefficient (Wildman–Crippen LogP) is 0.656. The monoisotopic (exact) mass is 269 g/mol. The highest BCUT2D eigenvalue weighted by Crippen LogP contribution is 2.18. The van der Waals surface area contributed by atoms with Crippen molar-refractivity contribution in [1.82, 2.24) is 9.03 Å². The Balaban J connectivity index is 2.94. The van der Waals surface area contributed by atoms with E-state index in [1.165, 1.54) is 21.2 Å². The summed E-state index contributed by atoms with van der Waals surface area (Å²) >= 11 is 0. The van der Waals surface area contributed by atoms with Crippen molar-refractivity contribution in [1.29, 1.82) is 5.26 Å². The van der Waals surface area contributed by atoms with Crippen LogP contribution in [-0.2, 0) is 10.2 Å². The van der Waals surface area contributed by atoms with Crippen molar-refractivity contribution >= 4 is 10.2 Å². The molecule has 0 aliphatic rings. The lowest BCUT2D eigenvalue weighted by Crippen LogP contribution is -2.37. The molecule has 0 radical (unpaired) electrons. The maximum Gasteiger partial charge on any atom is 0.280 e. The van der Waals surface area contributed by atoms with Crippen LogP contribution in [0.2, 0.25) is 0 Å². The van der Waals surface area contributed by atoms with Gasteiger partial charge in [0.2, 0.25) is 0 Å². The highest BCUT2D eigenvalue weighted by Gasteiger charge is 2.20. The third-order valence-electron chi connectivity index (χ3n) is 2.33. The first-order valence-corrected chi connectivity index (χ1v) is 6.58. The molecule has 0 aromatic heterocycles. The summed E-state index contributed by atoms with van der Waals surface area (Å²) < 4.78 is 31.6. The number of rotatable bonds is 5. The van der Waals surface area contributed by atoms with Crippen molar-refractivity contribution in [3.05, 3.63) is 29.8 Å². The molecule has 1 rings (SSSR count). The van der Waals surface area contributed by atoms with E-state index in [9.17, 15) is 8.42 Å².